The minimum absolute atomic E-state index is 0.00584. The van der Waals surface area contributed by atoms with Crippen LogP contribution < -0.4 is 10.2 Å². The van der Waals surface area contributed by atoms with Gasteiger partial charge < -0.3 is 19.8 Å². The van der Waals surface area contributed by atoms with Crippen LogP contribution in [-0.2, 0) is 40.1 Å². The topological polar surface area (TPSA) is 122 Å². The lowest BCUT2D eigenvalue weighted by Crippen LogP contribution is -2.35. The van der Waals surface area contributed by atoms with E-state index in [0.717, 1.165) is 28.8 Å². The summed E-state index contributed by atoms with van der Waals surface area (Å²) in [4.78, 5) is 62.5. The average molecular weight is 620 g/mol. The third kappa shape index (κ3) is 11.3. The minimum atomic E-state index is -0.461. The van der Waals surface area contributed by atoms with Crippen LogP contribution in [0.25, 0.3) is 12.2 Å². The summed E-state index contributed by atoms with van der Waals surface area (Å²) in [5.41, 5.74) is 3.99. The Balaban J connectivity index is 0.000000468. The van der Waals surface area contributed by atoms with E-state index in [4.69, 9.17) is 4.74 Å². The Morgan fingerprint density at radius 3 is 2.16 bits per heavy atom. The van der Waals surface area contributed by atoms with Crippen molar-refractivity contribution in [3.63, 3.8) is 0 Å². The van der Waals surface area contributed by atoms with Crippen molar-refractivity contribution in [2.24, 2.45) is 5.41 Å². The van der Waals surface area contributed by atoms with Crippen LogP contribution in [0.5, 0.6) is 0 Å². The molecule has 0 aromatic heterocycles. The summed E-state index contributed by atoms with van der Waals surface area (Å²) in [5, 5.41) is 3.40. The van der Waals surface area contributed by atoms with Gasteiger partial charge in [-0.25, -0.2) is 0 Å². The Morgan fingerprint density at radius 2 is 1.49 bits per heavy atom. The maximum absolute atomic E-state index is 13.3. The van der Waals surface area contributed by atoms with Crippen molar-refractivity contribution in [1.82, 2.24) is 10.4 Å². The normalized spacial score (nSPS) is 15.1. The number of nitrogens with zero attached hydrogens (tertiary/aromatic N) is 2. The van der Waals surface area contributed by atoms with Gasteiger partial charge in [-0.2, -0.15) is 0 Å². The van der Waals surface area contributed by atoms with Gasteiger partial charge in [-0.3, -0.25) is 24.0 Å². The number of hydroxylamine groups is 2. The number of carbonyl (C=O) groups is 5. The van der Waals surface area contributed by atoms with E-state index in [1.807, 2.05) is 55.1 Å². The molecule has 10 nitrogen and oxygen atoms in total. The first-order valence-corrected chi connectivity index (χ1v) is 15.3. The molecule has 10 heteroatoms. The molecule has 1 saturated heterocycles. The molecule has 0 saturated carbocycles. The molecule has 2 heterocycles. The Labute approximate surface area is 265 Å². The van der Waals surface area contributed by atoms with E-state index < -0.39 is 11.8 Å². The molecule has 0 bridgehead atoms. The predicted octanol–water partition coefficient (Wildman–Crippen LogP) is 5.44. The molecule has 0 radical (unpaired) electrons. The summed E-state index contributed by atoms with van der Waals surface area (Å²) in [6.45, 7) is 12.2. The Morgan fingerprint density at radius 1 is 0.867 bits per heavy atom. The van der Waals surface area contributed by atoms with Gasteiger partial charge >= 0.3 is 6.47 Å². The van der Waals surface area contributed by atoms with E-state index in [0.29, 0.717) is 37.6 Å². The highest BCUT2D eigenvalue weighted by molar-refractivity contribution is 6.01. The lowest BCUT2D eigenvalue weighted by atomic mass is 9.92. The number of amides is 4. The van der Waals surface area contributed by atoms with E-state index in [9.17, 15) is 24.0 Å². The zero-order chi connectivity index (χ0) is 33.0. The first kappa shape index (κ1) is 35.2. The van der Waals surface area contributed by atoms with E-state index in [2.05, 4.69) is 55.2 Å². The van der Waals surface area contributed by atoms with Gasteiger partial charge in [0.15, 0.2) is 0 Å². The average Bonchev–Trinajstić information content (AvgIpc) is 3.29. The van der Waals surface area contributed by atoms with Crippen LogP contribution in [0.15, 0.2) is 48.5 Å². The largest absolute Gasteiger partial charge is 0.376 e. The highest BCUT2D eigenvalue weighted by Gasteiger charge is 2.30. The number of hydrogen-bond donors (Lipinski definition) is 1. The number of imide groups is 1. The van der Waals surface area contributed by atoms with Gasteiger partial charge in [-0.1, -0.05) is 75.4 Å². The van der Waals surface area contributed by atoms with E-state index in [-0.39, 0.29) is 48.6 Å². The SMILES string of the molecule is CC(C)(C)CCOC(C)(C)CCC(=O)NCCC(=O)N1Cc2ccccc2/C=C\c2ccccc21.O=CON1C(=O)CCC1=O. The highest BCUT2D eigenvalue weighted by Crippen LogP contribution is 2.29. The highest BCUT2D eigenvalue weighted by atomic mass is 16.7. The quantitative estimate of drug-likeness (QED) is 0.262. The number of anilines is 1. The first-order valence-electron chi connectivity index (χ1n) is 15.3. The number of para-hydroxylation sites is 1. The summed E-state index contributed by atoms with van der Waals surface area (Å²) < 4.78 is 6.02. The van der Waals surface area contributed by atoms with Gasteiger partial charge in [0.05, 0.1) is 17.8 Å². The van der Waals surface area contributed by atoms with Crippen LogP contribution >= 0.6 is 0 Å². The zero-order valence-electron chi connectivity index (χ0n) is 27.0. The maximum atomic E-state index is 13.3. The molecule has 0 atom stereocenters. The third-order valence-electron chi connectivity index (χ3n) is 7.47. The summed E-state index contributed by atoms with van der Waals surface area (Å²) in [6, 6.07) is 16.1. The molecule has 0 unspecified atom stereocenters. The first-order chi connectivity index (χ1) is 21.3. The number of fused-ring (bicyclic) bond motifs is 2. The molecule has 2 aliphatic rings. The van der Waals surface area contributed by atoms with Gasteiger partial charge in [0.2, 0.25) is 11.8 Å². The second-order valence-corrected chi connectivity index (χ2v) is 12.9. The van der Waals surface area contributed by atoms with Crippen molar-refractivity contribution in [3.05, 3.63) is 65.2 Å². The lowest BCUT2D eigenvalue weighted by molar-refractivity contribution is -0.188. The number of hydrogen-bond acceptors (Lipinski definition) is 7. The van der Waals surface area contributed by atoms with Crippen molar-refractivity contribution in [1.29, 1.82) is 0 Å². The molecule has 2 aromatic rings. The number of rotatable bonds is 11. The predicted molar refractivity (Wildman–Crippen MR) is 172 cm³/mol. The summed E-state index contributed by atoms with van der Waals surface area (Å²) in [6.07, 6.45) is 6.66. The number of benzene rings is 2. The standard InChI is InChI=1S/C30H40N2O3.C5H5NO4/c1-29(2,3)19-21-35-30(4,5)18-16-27(33)31-20-17-28(34)32-22-25-12-7-6-10-23(25)14-15-24-11-8-9-13-26(24)32;7-3-10-6-4(8)1-2-5(6)9/h6-15H,16-22H2,1-5H3,(H,31,33);3H,1-2H2/b15-14-;. The summed E-state index contributed by atoms with van der Waals surface area (Å²) in [7, 11) is 0. The number of carbonyl (C=O) groups excluding carboxylic acids is 5. The minimum Gasteiger partial charge on any atom is -0.376 e. The van der Waals surface area contributed by atoms with Crippen molar-refractivity contribution in [2.45, 2.75) is 85.3 Å². The second-order valence-electron chi connectivity index (χ2n) is 12.9. The summed E-state index contributed by atoms with van der Waals surface area (Å²) in [5.74, 6) is -0.977. The number of ether oxygens (including phenoxy) is 1. The van der Waals surface area contributed by atoms with Crippen molar-refractivity contribution in [3.8, 4) is 0 Å². The Bertz CT molecular complexity index is 1380. The Kier molecular flexibility index (Phi) is 12.6. The zero-order valence-corrected chi connectivity index (χ0v) is 27.0. The van der Waals surface area contributed by atoms with Gasteiger partial charge in [-0.05, 0) is 54.9 Å². The molecule has 4 amide bonds. The molecule has 2 aliphatic heterocycles. The second kappa shape index (κ2) is 16.1. The van der Waals surface area contributed by atoms with Gasteiger partial charge in [0, 0.05) is 38.8 Å². The molecule has 0 aliphatic carbocycles. The number of nitrogens with one attached hydrogen (secondary N) is 1. The van der Waals surface area contributed by atoms with Gasteiger partial charge in [0.25, 0.3) is 11.8 Å². The van der Waals surface area contributed by atoms with Gasteiger partial charge in [0.1, 0.15) is 0 Å². The molecule has 0 spiro atoms. The Hall–Kier alpha value is -4.31. The molecule has 1 fully saturated rings. The monoisotopic (exact) mass is 619 g/mol. The van der Waals surface area contributed by atoms with Crippen LogP contribution in [0, 0.1) is 5.41 Å². The molecule has 1 N–H and O–H groups in total. The molecular formula is C35H45N3O7. The van der Waals surface area contributed by atoms with Crippen LogP contribution in [-0.4, -0.2) is 53.9 Å². The summed E-state index contributed by atoms with van der Waals surface area (Å²) >= 11 is 0. The van der Waals surface area contributed by atoms with E-state index >= 15 is 0 Å². The van der Waals surface area contributed by atoms with Crippen molar-refractivity contribution in [2.75, 3.05) is 18.1 Å². The van der Waals surface area contributed by atoms with Crippen molar-refractivity contribution >= 4 is 47.9 Å². The van der Waals surface area contributed by atoms with Crippen LogP contribution in [0.4, 0.5) is 5.69 Å². The van der Waals surface area contributed by atoms with Crippen LogP contribution in [0.2, 0.25) is 0 Å². The molecule has 4 rings (SSSR count). The smallest absolute Gasteiger partial charge is 0.321 e. The fourth-order valence-corrected chi connectivity index (χ4v) is 4.74. The van der Waals surface area contributed by atoms with E-state index in [1.165, 1.54) is 0 Å². The molecule has 242 valence electrons. The van der Waals surface area contributed by atoms with E-state index in [1.54, 1.807) is 0 Å². The molecule has 45 heavy (non-hydrogen) atoms. The molecule has 2 aromatic carbocycles. The molecular weight excluding hydrogens is 574 g/mol. The van der Waals surface area contributed by atoms with Crippen molar-refractivity contribution < 1.29 is 33.5 Å². The lowest BCUT2D eigenvalue weighted by Gasteiger charge is -2.28. The fourth-order valence-electron chi connectivity index (χ4n) is 4.74. The van der Waals surface area contributed by atoms with Gasteiger partial charge in [-0.15, -0.1) is 5.06 Å². The maximum Gasteiger partial charge on any atom is 0.321 e. The van der Waals surface area contributed by atoms with Crippen LogP contribution in [0.3, 0.4) is 0 Å². The third-order valence-corrected chi connectivity index (χ3v) is 7.47. The van der Waals surface area contributed by atoms with Crippen LogP contribution in [0.1, 0.15) is 89.8 Å². The fraction of sp³-hybridized carbons (Fsp3) is 0.457.